The molecule has 15 heavy (non-hydrogen) atoms. The van der Waals surface area contributed by atoms with E-state index >= 15 is 0 Å². The molecule has 0 amide bonds. The molecule has 82 valence electrons. The van der Waals surface area contributed by atoms with Crippen LogP contribution in [0.5, 0.6) is 0 Å². The van der Waals surface area contributed by atoms with E-state index in [-0.39, 0.29) is 0 Å². The summed E-state index contributed by atoms with van der Waals surface area (Å²) in [7, 11) is 1.40. The number of carbonyl (C=O) groups is 1. The summed E-state index contributed by atoms with van der Waals surface area (Å²) in [6.45, 7) is 1.99. The molecule has 1 N–H and O–H groups in total. The average Bonchev–Trinajstić information content (AvgIpc) is 2.16. The third-order valence-corrected chi connectivity index (χ3v) is 2.91. The molecule has 1 unspecified atom stereocenters. The molecule has 0 saturated carbocycles. The summed E-state index contributed by atoms with van der Waals surface area (Å²) in [4.78, 5) is 10.8. The van der Waals surface area contributed by atoms with Crippen molar-refractivity contribution in [1.29, 1.82) is 0 Å². The van der Waals surface area contributed by atoms with Crippen LogP contribution in [0.1, 0.15) is 11.1 Å². The fourth-order valence-electron chi connectivity index (χ4n) is 1.29. The van der Waals surface area contributed by atoms with E-state index in [0.717, 1.165) is 15.6 Å². The van der Waals surface area contributed by atoms with Crippen LogP contribution >= 0.6 is 15.9 Å². The maximum Gasteiger partial charge on any atom is 0.333 e. The molecule has 1 aromatic carbocycles. The normalized spacial score (nSPS) is 12.5. The van der Waals surface area contributed by atoms with Gasteiger partial charge >= 0.3 is 5.97 Å². The molecule has 0 saturated heterocycles. The highest BCUT2D eigenvalue weighted by Crippen LogP contribution is 2.20. The van der Waals surface area contributed by atoms with Crippen molar-refractivity contribution >= 4 is 21.9 Å². The van der Waals surface area contributed by atoms with Crippen molar-refractivity contribution in [3.05, 3.63) is 33.8 Å². The number of benzene rings is 1. The minimum Gasteiger partial charge on any atom is -0.479 e. The Hall–Kier alpha value is -0.870. The second-order valence-electron chi connectivity index (χ2n) is 3.36. The predicted molar refractivity (Wildman–Crippen MR) is 61.0 cm³/mol. The lowest BCUT2D eigenvalue weighted by Crippen LogP contribution is -2.24. The zero-order valence-electron chi connectivity index (χ0n) is 8.66. The van der Waals surface area contributed by atoms with Gasteiger partial charge in [-0.3, -0.25) is 0 Å². The molecule has 0 heterocycles. The van der Waals surface area contributed by atoms with Crippen LogP contribution in [0, 0.1) is 6.92 Å². The minimum absolute atomic E-state index is 0.368. The number of rotatable bonds is 4. The first kappa shape index (κ1) is 12.2. The van der Waals surface area contributed by atoms with Gasteiger partial charge in [-0.05, 0) is 24.1 Å². The zero-order valence-corrected chi connectivity index (χ0v) is 10.2. The average molecular weight is 273 g/mol. The van der Waals surface area contributed by atoms with Crippen molar-refractivity contribution < 1.29 is 14.6 Å². The van der Waals surface area contributed by atoms with Crippen LogP contribution in [0.2, 0.25) is 0 Å². The summed E-state index contributed by atoms with van der Waals surface area (Å²) in [5, 5.41) is 8.84. The molecule has 3 nitrogen and oxygen atoms in total. The zero-order chi connectivity index (χ0) is 11.4. The quantitative estimate of drug-likeness (QED) is 0.916. The SMILES string of the molecule is COC(Cc1ccc(C)cc1Br)C(=O)O. The molecule has 1 rings (SSSR count). The predicted octanol–water partition coefficient (Wildman–Crippen LogP) is 2.40. The second kappa shape index (κ2) is 5.28. The van der Waals surface area contributed by atoms with Crippen LogP contribution in [0.25, 0.3) is 0 Å². The van der Waals surface area contributed by atoms with Crippen molar-refractivity contribution in [2.24, 2.45) is 0 Å². The first-order valence-corrected chi connectivity index (χ1v) is 5.34. The fourth-order valence-corrected chi connectivity index (χ4v) is 1.94. The number of halogens is 1. The maximum absolute atomic E-state index is 10.8. The lowest BCUT2D eigenvalue weighted by atomic mass is 10.1. The van der Waals surface area contributed by atoms with Crippen molar-refractivity contribution in [3.63, 3.8) is 0 Å². The van der Waals surface area contributed by atoms with E-state index < -0.39 is 12.1 Å². The number of hydrogen-bond acceptors (Lipinski definition) is 2. The van der Waals surface area contributed by atoms with E-state index in [2.05, 4.69) is 15.9 Å². The molecule has 0 aliphatic rings. The number of ether oxygens (including phenoxy) is 1. The molecule has 0 aliphatic carbocycles. The van der Waals surface area contributed by atoms with Crippen LogP contribution in [-0.4, -0.2) is 24.3 Å². The van der Waals surface area contributed by atoms with E-state index in [1.807, 2.05) is 25.1 Å². The van der Waals surface area contributed by atoms with Crippen molar-refractivity contribution in [3.8, 4) is 0 Å². The Kier molecular flexibility index (Phi) is 4.29. The Morgan fingerprint density at radius 3 is 2.73 bits per heavy atom. The van der Waals surface area contributed by atoms with Crippen LogP contribution in [-0.2, 0) is 16.0 Å². The van der Waals surface area contributed by atoms with Crippen LogP contribution < -0.4 is 0 Å². The van der Waals surface area contributed by atoms with Crippen LogP contribution in [0.4, 0.5) is 0 Å². The first-order valence-electron chi connectivity index (χ1n) is 4.55. The highest BCUT2D eigenvalue weighted by atomic mass is 79.9. The fraction of sp³-hybridized carbons (Fsp3) is 0.364. The number of methoxy groups -OCH3 is 1. The molecule has 0 fully saturated rings. The molecule has 0 aliphatic heterocycles. The summed E-state index contributed by atoms with van der Waals surface area (Å²) >= 11 is 3.41. The lowest BCUT2D eigenvalue weighted by Gasteiger charge is -2.11. The van der Waals surface area contributed by atoms with Gasteiger partial charge in [-0.15, -0.1) is 0 Å². The van der Waals surface area contributed by atoms with E-state index in [1.54, 1.807) is 0 Å². The highest BCUT2D eigenvalue weighted by molar-refractivity contribution is 9.10. The lowest BCUT2D eigenvalue weighted by molar-refractivity contribution is -0.148. The van der Waals surface area contributed by atoms with Gasteiger partial charge in [-0.2, -0.15) is 0 Å². The van der Waals surface area contributed by atoms with Gasteiger partial charge in [0.15, 0.2) is 6.10 Å². The molecule has 0 spiro atoms. The third kappa shape index (κ3) is 3.32. The van der Waals surface area contributed by atoms with E-state index in [1.165, 1.54) is 7.11 Å². The van der Waals surface area contributed by atoms with E-state index in [4.69, 9.17) is 9.84 Å². The van der Waals surface area contributed by atoms with Gasteiger partial charge in [0.25, 0.3) is 0 Å². The van der Waals surface area contributed by atoms with E-state index in [0.29, 0.717) is 6.42 Å². The highest BCUT2D eigenvalue weighted by Gasteiger charge is 2.17. The molecule has 0 bridgehead atoms. The Bertz CT molecular complexity index is 363. The van der Waals surface area contributed by atoms with Gasteiger partial charge in [0.2, 0.25) is 0 Å². The van der Waals surface area contributed by atoms with Gasteiger partial charge in [-0.1, -0.05) is 28.1 Å². The molecule has 0 aromatic heterocycles. The van der Waals surface area contributed by atoms with Gasteiger partial charge in [-0.25, -0.2) is 4.79 Å². The first-order chi connectivity index (χ1) is 7.04. The number of aliphatic carboxylic acids is 1. The smallest absolute Gasteiger partial charge is 0.333 e. The summed E-state index contributed by atoms with van der Waals surface area (Å²) in [6.07, 6.45) is -0.420. The topological polar surface area (TPSA) is 46.5 Å². The molecular formula is C11H13BrO3. The Morgan fingerprint density at radius 2 is 2.27 bits per heavy atom. The number of aryl methyl sites for hydroxylation is 1. The second-order valence-corrected chi connectivity index (χ2v) is 4.22. The maximum atomic E-state index is 10.8. The Morgan fingerprint density at radius 1 is 1.60 bits per heavy atom. The van der Waals surface area contributed by atoms with Crippen molar-refractivity contribution in [1.82, 2.24) is 0 Å². The molecule has 1 atom stereocenters. The summed E-state index contributed by atoms with van der Waals surface area (Å²) in [6, 6.07) is 5.83. The minimum atomic E-state index is -0.940. The number of carboxylic acids is 1. The van der Waals surface area contributed by atoms with Crippen molar-refractivity contribution in [2.45, 2.75) is 19.4 Å². The Labute approximate surface area is 97.2 Å². The molecule has 0 radical (unpaired) electrons. The molecule has 4 heteroatoms. The van der Waals surface area contributed by atoms with Gasteiger partial charge in [0.05, 0.1) is 0 Å². The largest absolute Gasteiger partial charge is 0.479 e. The van der Waals surface area contributed by atoms with Crippen molar-refractivity contribution in [2.75, 3.05) is 7.11 Å². The summed E-state index contributed by atoms with van der Waals surface area (Å²) < 4.78 is 5.80. The number of carboxylic acid groups (broad SMARTS) is 1. The number of hydrogen-bond donors (Lipinski definition) is 1. The summed E-state index contributed by atoms with van der Waals surface area (Å²) in [5.74, 6) is -0.940. The van der Waals surface area contributed by atoms with Gasteiger partial charge in [0.1, 0.15) is 0 Å². The van der Waals surface area contributed by atoms with Crippen LogP contribution in [0.3, 0.4) is 0 Å². The third-order valence-electron chi connectivity index (χ3n) is 2.17. The monoisotopic (exact) mass is 272 g/mol. The molecule has 1 aromatic rings. The van der Waals surface area contributed by atoms with Gasteiger partial charge in [0, 0.05) is 18.0 Å². The molecular weight excluding hydrogens is 260 g/mol. The van der Waals surface area contributed by atoms with Gasteiger partial charge < -0.3 is 9.84 Å². The summed E-state index contributed by atoms with van der Waals surface area (Å²) in [5.41, 5.74) is 2.07. The van der Waals surface area contributed by atoms with E-state index in [9.17, 15) is 4.79 Å². The standard InChI is InChI=1S/C11H13BrO3/c1-7-3-4-8(9(12)5-7)6-10(15-2)11(13)14/h3-5,10H,6H2,1-2H3,(H,13,14). The van der Waals surface area contributed by atoms with Crippen LogP contribution in [0.15, 0.2) is 22.7 Å². The Balaban J connectivity index is 2.84.